The minimum absolute atomic E-state index is 0.168. The summed E-state index contributed by atoms with van der Waals surface area (Å²) >= 11 is 3.66. The van der Waals surface area contributed by atoms with Crippen LogP contribution in [-0.2, 0) is 6.42 Å². The van der Waals surface area contributed by atoms with E-state index in [2.05, 4.69) is 58.5 Å². The molecule has 0 bridgehead atoms. The molecule has 0 heterocycles. The highest BCUT2D eigenvalue weighted by Gasteiger charge is 2.15. The van der Waals surface area contributed by atoms with Gasteiger partial charge in [0.25, 0.3) is 0 Å². The maximum absolute atomic E-state index is 5.54. The smallest absolute Gasteiger partial charge is 0.120 e. The van der Waals surface area contributed by atoms with Gasteiger partial charge in [0.15, 0.2) is 0 Å². The highest BCUT2D eigenvalue weighted by atomic mass is 79.9. The normalized spacial score (nSPS) is 12.2. The molecule has 0 aromatic heterocycles. The second-order valence-electron chi connectivity index (χ2n) is 4.93. The molecule has 0 amide bonds. The van der Waals surface area contributed by atoms with E-state index in [1.165, 1.54) is 16.7 Å². The molecule has 0 fully saturated rings. The summed E-state index contributed by atoms with van der Waals surface area (Å²) in [5.74, 6) is 0.893. The fraction of sp³-hybridized carbons (Fsp3) is 0.333. The minimum atomic E-state index is 0.168. The topological polar surface area (TPSA) is 21.3 Å². The van der Waals surface area contributed by atoms with Gasteiger partial charge >= 0.3 is 0 Å². The molecule has 0 aliphatic heterocycles. The molecular formula is C18H22BrNO. The van der Waals surface area contributed by atoms with Gasteiger partial charge < -0.3 is 10.1 Å². The van der Waals surface area contributed by atoms with Crippen molar-refractivity contribution in [3.63, 3.8) is 0 Å². The predicted molar refractivity (Wildman–Crippen MR) is 92.0 cm³/mol. The summed E-state index contributed by atoms with van der Waals surface area (Å²) < 4.78 is 6.60. The third kappa shape index (κ3) is 3.86. The van der Waals surface area contributed by atoms with E-state index in [-0.39, 0.29) is 6.04 Å². The molecule has 0 radical (unpaired) electrons. The number of nitrogens with one attached hydrogen (secondary N) is 1. The van der Waals surface area contributed by atoms with Crippen molar-refractivity contribution >= 4 is 15.9 Å². The molecule has 21 heavy (non-hydrogen) atoms. The molecule has 0 aliphatic carbocycles. The van der Waals surface area contributed by atoms with Crippen molar-refractivity contribution < 1.29 is 4.74 Å². The zero-order valence-electron chi connectivity index (χ0n) is 12.8. The Morgan fingerprint density at radius 3 is 2.33 bits per heavy atom. The number of aryl methyl sites for hydroxylation is 1. The average Bonchev–Trinajstić information content (AvgIpc) is 2.51. The highest BCUT2D eigenvalue weighted by molar-refractivity contribution is 9.10. The molecule has 0 saturated carbocycles. The number of halogens is 1. The van der Waals surface area contributed by atoms with E-state index in [0.717, 1.165) is 16.6 Å². The fourth-order valence-electron chi connectivity index (χ4n) is 2.45. The molecule has 3 heteroatoms. The Morgan fingerprint density at radius 2 is 1.81 bits per heavy atom. The van der Waals surface area contributed by atoms with Crippen LogP contribution in [0.25, 0.3) is 0 Å². The van der Waals surface area contributed by atoms with Crippen LogP contribution in [0.5, 0.6) is 5.75 Å². The Hall–Kier alpha value is -1.32. The lowest BCUT2D eigenvalue weighted by Gasteiger charge is -2.19. The fourth-order valence-corrected chi connectivity index (χ4v) is 3.03. The van der Waals surface area contributed by atoms with Crippen LogP contribution in [0.3, 0.4) is 0 Å². The Labute approximate surface area is 135 Å². The van der Waals surface area contributed by atoms with Crippen LogP contribution in [0.2, 0.25) is 0 Å². The van der Waals surface area contributed by atoms with Crippen LogP contribution in [0, 0.1) is 0 Å². The molecule has 0 saturated heterocycles. The first-order valence-corrected chi connectivity index (χ1v) is 8.17. The third-order valence-electron chi connectivity index (χ3n) is 3.60. The predicted octanol–water partition coefficient (Wildman–Crippen LogP) is 4.72. The van der Waals surface area contributed by atoms with E-state index in [4.69, 9.17) is 4.74 Å². The number of hydrogen-bond acceptors (Lipinski definition) is 2. The third-order valence-corrected chi connectivity index (χ3v) is 4.29. The van der Waals surface area contributed by atoms with Crippen LogP contribution >= 0.6 is 15.9 Å². The second kappa shape index (κ2) is 7.62. The van der Waals surface area contributed by atoms with Gasteiger partial charge in [-0.25, -0.2) is 0 Å². The van der Waals surface area contributed by atoms with Crippen molar-refractivity contribution in [2.24, 2.45) is 0 Å². The molecule has 1 atom stereocenters. The van der Waals surface area contributed by atoms with E-state index < -0.39 is 0 Å². The molecule has 0 aliphatic rings. The lowest BCUT2D eigenvalue weighted by atomic mass is 9.97. The average molecular weight is 348 g/mol. The summed E-state index contributed by atoms with van der Waals surface area (Å²) in [7, 11) is 1.99. The van der Waals surface area contributed by atoms with Gasteiger partial charge in [-0.15, -0.1) is 0 Å². The molecule has 2 aromatic rings. The van der Waals surface area contributed by atoms with Gasteiger partial charge in [0.05, 0.1) is 12.6 Å². The van der Waals surface area contributed by atoms with Crippen molar-refractivity contribution in [2.45, 2.75) is 26.3 Å². The summed E-state index contributed by atoms with van der Waals surface area (Å²) in [6.45, 7) is 4.85. The largest absolute Gasteiger partial charge is 0.494 e. The number of hydrogen-bond donors (Lipinski definition) is 1. The zero-order valence-corrected chi connectivity index (χ0v) is 14.4. The van der Waals surface area contributed by atoms with Crippen LogP contribution in [0.4, 0.5) is 0 Å². The quantitative estimate of drug-likeness (QED) is 0.816. The van der Waals surface area contributed by atoms with Crippen LogP contribution < -0.4 is 10.1 Å². The molecule has 0 spiro atoms. The molecule has 2 nitrogen and oxygen atoms in total. The van der Waals surface area contributed by atoms with Gasteiger partial charge in [-0.2, -0.15) is 0 Å². The Morgan fingerprint density at radius 1 is 1.10 bits per heavy atom. The van der Waals surface area contributed by atoms with Crippen molar-refractivity contribution in [2.75, 3.05) is 13.7 Å². The first kappa shape index (κ1) is 16.1. The van der Waals surface area contributed by atoms with E-state index >= 15 is 0 Å². The lowest BCUT2D eigenvalue weighted by molar-refractivity contribution is 0.340. The molecule has 112 valence electrons. The van der Waals surface area contributed by atoms with E-state index in [0.29, 0.717) is 6.61 Å². The van der Waals surface area contributed by atoms with Crippen LogP contribution in [-0.4, -0.2) is 13.7 Å². The van der Waals surface area contributed by atoms with Gasteiger partial charge in [0, 0.05) is 4.47 Å². The summed E-state index contributed by atoms with van der Waals surface area (Å²) in [4.78, 5) is 0. The van der Waals surface area contributed by atoms with Crippen molar-refractivity contribution in [1.29, 1.82) is 0 Å². The number of rotatable bonds is 6. The SMILES string of the molecule is CCOc1ccc(C(NC)c2ccc(CC)cc2)c(Br)c1. The Kier molecular flexibility index (Phi) is 5.83. The zero-order chi connectivity index (χ0) is 15.2. The van der Waals surface area contributed by atoms with Gasteiger partial charge in [-0.1, -0.05) is 53.2 Å². The summed E-state index contributed by atoms with van der Waals surface area (Å²) in [5.41, 5.74) is 3.84. The van der Waals surface area contributed by atoms with Gasteiger partial charge in [-0.3, -0.25) is 0 Å². The standard InChI is InChI=1S/C18H22BrNO/c1-4-13-6-8-14(9-7-13)18(20-3)16-11-10-15(21-5-2)12-17(16)19/h6-12,18,20H,4-5H2,1-3H3. The Bertz CT molecular complexity index is 580. The van der Waals surface area contributed by atoms with Gasteiger partial charge in [0.2, 0.25) is 0 Å². The van der Waals surface area contributed by atoms with Crippen LogP contribution in [0.15, 0.2) is 46.9 Å². The first-order valence-electron chi connectivity index (χ1n) is 7.37. The monoisotopic (exact) mass is 347 g/mol. The Balaban J connectivity index is 2.31. The van der Waals surface area contributed by atoms with Gasteiger partial charge in [-0.05, 0) is 49.2 Å². The number of benzene rings is 2. The minimum Gasteiger partial charge on any atom is -0.494 e. The molecule has 1 unspecified atom stereocenters. The van der Waals surface area contributed by atoms with Gasteiger partial charge in [0.1, 0.15) is 5.75 Å². The summed E-state index contributed by atoms with van der Waals surface area (Å²) in [6.07, 6.45) is 1.07. The molecule has 1 N–H and O–H groups in total. The van der Waals surface area contributed by atoms with Crippen molar-refractivity contribution in [3.8, 4) is 5.75 Å². The highest BCUT2D eigenvalue weighted by Crippen LogP contribution is 2.31. The maximum atomic E-state index is 5.54. The maximum Gasteiger partial charge on any atom is 0.120 e. The first-order chi connectivity index (χ1) is 10.2. The van der Waals surface area contributed by atoms with E-state index in [1.807, 2.05) is 26.1 Å². The summed E-state index contributed by atoms with van der Waals surface area (Å²) in [5, 5.41) is 3.39. The molecular weight excluding hydrogens is 326 g/mol. The van der Waals surface area contributed by atoms with E-state index in [9.17, 15) is 0 Å². The molecule has 2 rings (SSSR count). The summed E-state index contributed by atoms with van der Waals surface area (Å²) in [6, 6.07) is 15.1. The molecule has 2 aromatic carbocycles. The lowest BCUT2D eigenvalue weighted by Crippen LogP contribution is -2.18. The van der Waals surface area contributed by atoms with Crippen molar-refractivity contribution in [1.82, 2.24) is 5.32 Å². The van der Waals surface area contributed by atoms with Crippen molar-refractivity contribution in [3.05, 3.63) is 63.6 Å². The number of ether oxygens (including phenoxy) is 1. The van der Waals surface area contributed by atoms with E-state index in [1.54, 1.807) is 0 Å². The van der Waals surface area contributed by atoms with Crippen LogP contribution in [0.1, 0.15) is 36.6 Å². The second-order valence-corrected chi connectivity index (χ2v) is 5.79.